The lowest BCUT2D eigenvalue weighted by Crippen LogP contribution is -1.84. The summed E-state index contributed by atoms with van der Waals surface area (Å²) < 4.78 is 0. The molecular formula is C37H22. The minimum absolute atomic E-state index is 1.03. The van der Waals surface area contributed by atoms with E-state index >= 15 is 0 Å². The Hall–Kier alpha value is -4.68. The summed E-state index contributed by atoms with van der Waals surface area (Å²) in [5, 5.41) is 15.6. The third kappa shape index (κ3) is 2.84. The molecule has 0 heterocycles. The molecule has 8 aromatic carbocycles. The predicted octanol–water partition coefficient (Wildman–Crippen LogP) is 10.2. The minimum atomic E-state index is 1.03. The lowest BCUT2D eigenvalue weighted by atomic mass is 9.94. The second kappa shape index (κ2) is 6.96. The maximum atomic E-state index is 2.41. The largest absolute Gasteiger partial charge is 0.0619 e. The van der Waals surface area contributed by atoms with Gasteiger partial charge in [-0.1, -0.05) is 54.6 Å². The van der Waals surface area contributed by atoms with Gasteiger partial charge in [-0.2, -0.15) is 0 Å². The van der Waals surface area contributed by atoms with Crippen molar-refractivity contribution < 1.29 is 0 Å². The van der Waals surface area contributed by atoms with Crippen molar-refractivity contribution in [3.05, 3.63) is 132 Å². The standard InChI is InChI=1S/C37H22/c1-2-6-23-10-26-13-28-15-30-17-32-19-34-21-37-35(11-24-7-3-4-8-36(24)37)20-33(34)18-31(32)16-29(30)14-27(28)12-25(26)9-22(23)5-1/h1-10,12-21H,11H2. The van der Waals surface area contributed by atoms with Gasteiger partial charge in [0.2, 0.25) is 0 Å². The Morgan fingerprint density at radius 3 is 1.16 bits per heavy atom. The molecule has 0 aromatic heterocycles. The molecule has 0 N–H and O–H groups in total. The highest BCUT2D eigenvalue weighted by Crippen LogP contribution is 2.40. The van der Waals surface area contributed by atoms with Gasteiger partial charge in [0.15, 0.2) is 0 Å². The van der Waals surface area contributed by atoms with E-state index in [0.717, 1.165) is 6.42 Å². The van der Waals surface area contributed by atoms with Gasteiger partial charge in [-0.25, -0.2) is 0 Å². The lowest BCUT2D eigenvalue weighted by Gasteiger charge is -2.10. The Morgan fingerprint density at radius 2 is 0.649 bits per heavy atom. The molecule has 1 aliphatic carbocycles. The van der Waals surface area contributed by atoms with Crippen LogP contribution in [-0.4, -0.2) is 0 Å². The summed E-state index contributed by atoms with van der Waals surface area (Å²) >= 11 is 0. The molecule has 0 unspecified atom stereocenters. The molecule has 0 bridgehead atoms. The Kier molecular flexibility index (Phi) is 3.67. The van der Waals surface area contributed by atoms with E-state index in [4.69, 9.17) is 0 Å². The van der Waals surface area contributed by atoms with E-state index in [9.17, 15) is 0 Å². The summed E-state index contributed by atoms with van der Waals surface area (Å²) in [4.78, 5) is 0. The van der Waals surface area contributed by atoms with Crippen molar-refractivity contribution in [1.82, 2.24) is 0 Å². The van der Waals surface area contributed by atoms with Crippen LogP contribution in [0.25, 0.3) is 75.8 Å². The molecule has 0 radical (unpaired) electrons. The highest BCUT2D eigenvalue weighted by atomic mass is 14.2. The zero-order chi connectivity index (χ0) is 24.1. The van der Waals surface area contributed by atoms with Gasteiger partial charge < -0.3 is 0 Å². The van der Waals surface area contributed by atoms with Crippen molar-refractivity contribution in [1.29, 1.82) is 0 Å². The molecule has 9 rings (SSSR count). The minimum Gasteiger partial charge on any atom is -0.0619 e. The summed E-state index contributed by atoms with van der Waals surface area (Å²) in [6.07, 6.45) is 1.03. The molecule has 0 atom stereocenters. The summed E-state index contributed by atoms with van der Waals surface area (Å²) in [5.41, 5.74) is 5.67. The summed E-state index contributed by atoms with van der Waals surface area (Å²) in [7, 11) is 0. The van der Waals surface area contributed by atoms with Crippen LogP contribution in [0, 0.1) is 0 Å². The number of fused-ring (bicyclic) bond motifs is 9. The van der Waals surface area contributed by atoms with Crippen LogP contribution in [0.2, 0.25) is 0 Å². The second-order valence-corrected chi connectivity index (χ2v) is 10.7. The van der Waals surface area contributed by atoms with Crippen LogP contribution in [0.5, 0.6) is 0 Å². The number of benzene rings is 8. The molecular weight excluding hydrogens is 444 g/mol. The molecule has 0 heteroatoms. The monoisotopic (exact) mass is 466 g/mol. The Morgan fingerprint density at radius 1 is 0.270 bits per heavy atom. The van der Waals surface area contributed by atoms with E-state index in [1.807, 2.05) is 0 Å². The molecule has 0 spiro atoms. The summed E-state index contributed by atoms with van der Waals surface area (Å²) in [6.45, 7) is 0. The quantitative estimate of drug-likeness (QED) is 0.195. The van der Waals surface area contributed by atoms with Crippen LogP contribution >= 0.6 is 0 Å². The SMILES string of the molecule is c1ccc2c(c1)Cc1cc3cc4cc5cc6cc7cc8ccccc8cc7cc6cc5cc4cc3cc1-2. The number of rotatable bonds is 0. The normalized spacial score (nSPS) is 12.8. The Bertz CT molecular complexity index is 2270. The first kappa shape index (κ1) is 19.5. The smallest absolute Gasteiger partial charge is 0.00132 e. The van der Waals surface area contributed by atoms with Gasteiger partial charge in [0.25, 0.3) is 0 Å². The maximum absolute atomic E-state index is 2.41. The van der Waals surface area contributed by atoms with Gasteiger partial charge in [-0.05, 0) is 160 Å². The van der Waals surface area contributed by atoms with E-state index in [1.54, 1.807) is 0 Å². The third-order valence-electron chi connectivity index (χ3n) is 8.44. The van der Waals surface area contributed by atoms with E-state index in [-0.39, 0.29) is 0 Å². The fourth-order valence-electron chi connectivity index (χ4n) is 6.59. The highest BCUT2D eigenvalue weighted by molar-refractivity contribution is 6.12. The molecule has 0 nitrogen and oxygen atoms in total. The van der Waals surface area contributed by atoms with Crippen molar-refractivity contribution in [3.63, 3.8) is 0 Å². The third-order valence-corrected chi connectivity index (χ3v) is 8.44. The predicted molar refractivity (Wildman–Crippen MR) is 160 cm³/mol. The molecule has 0 amide bonds. The second-order valence-electron chi connectivity index (χ2n) is 10.7. The highest BCUT2D eigenvalue weighted by Gasteiger charge is 2.18. The molecule has 0 saturated heterocycles. The van der Waals surface area contributed by atoms with E-state index < -0.39 is 0 Å². The fourth-order valence-corrected chi connectivity index (χ4v) is 6.59. The topological polar surface area (TPSA) is 0 Å². The molecule has 0 saturated carbocycles. The maximum Gasteiger partial charge on any atom is -0.00132 e. The van der Waals surface area contributed by atoms with Gasteiger partial charge in [0.05, 0.1) is 0 Å². The first-order valence-corrected chi connectivity index (χ1v) is 13.0. The molecule has 0 aliphatic heterocycles. The van der Waals surface area contributed by atoms with Crippen molar-refractivity contribution in [2.24, 2.45) is 0 Å². The van der Waals surface area contributed by atoms with Crippen LogP contribution in [0.1, 0.15) is 11.1 Å². The number of hydrogen-bond acceptors (Lipinski definition) is 0. The lowest BCUT2D eigenvalue weighted by molar-refractivity contribution is 1.27. The van der Waals surface area contributed by atoms with Gasteiger partial charge in [-0.3, -0.25) is 0 Å². The van der Waals surface area contributed by atoms with Crippen molar-refractivity contribution in [2.75, 3.05) is 0 Å². The Balaban J connectivity index is 1.27. The van der Waals surface area contributed by atoms with E-state index in [1.165, 1.54) is 86.9 Å². The summed E-state index contributed by atoms with van der Waals surface area (Å²) in [5.74, 6) is 0. The van der Waals surface area contributed by atoms with Gasteiger partial charge in [0.1, 0.15) is 0 Å². The van der Waals surface area contributed by atoms with Gasteiger partial charge in [0, 0.05) is 0 Å². The molecule has 37 heavy (non-hydrogen) atoms. The average molecular weight is 467 g/mol. The van der Waals surface area contributed by atoms with Crippen molar-refractivity contribution >= 4 is 64.6 Å². The van der Waals surface area contributed by atoms with Crippen LogP contribution in [0.3, 0.4) is 0 Å². The average Bonchev–Trinajstić information content (AvgIpc) is 3.27. The zero-order valence-corrected chi connectivity index (χ0v) is 20.3. The van der Waals surface area contributed by atoms with E-state index in [0.29, 0.717) is 0 Å². The van der Waals surface area contributed by atoms with Crippen LogP contribution < -0.4 is 0 Å². The first-order chi connectivity index (χ1) is 18.2. The van der Waals surface area contributed by atoms with Crippen LogP contribution in [0.15, 0.2) is 121 Å². The van der Waals surface area contributed by atoms with Gasteiger partial charge >= 0.3 is 0 Å². The van der Waals surface area contributed by atoms with Crippen molar-refractivity contribution in [2.45, 2.75) is 6.42 Å². The first-order valence-electron chi connectivity index (χ1n) is 13.0. The molecule has 1 aliphatic rings. The molecule has 170 valence electrons. The van der Waals surface area contributed by atoms with E-state index in [2.05, 4.69) is 121 Å². The fraction of sp³-hybridized carbons (Fsp3) is 0.0270. The molecule has 0 fully saturated rings. The van der Waals surface area contributed by atoms with Crippen molar-refractivity contribution in [3.8, 4) is 11.1 Å². The van der Waals surface area contributed by atoms with Crippen LogP contribution in [0.4, 0.5) is 0 Å². The van der Waals surface area contributed by atoms with Crippen LogP contribution in [-0.2, 0) is 6.42 Å². The van der Waals surface area contributed by atoms with Gasteiger partial charge in [-0.15, -0.1) is 0 Å². The number of hydrogen-bond donors (Lipinski definition) is 0. The zero-order valence-electron chi connectivity index (χ0n) is 20.3. The summed E-state index contributed by atoms with van der Waals surface area (Å²) in [6, 6.07) is 45.8. The molecule has 8 aromatic rings. The Labute approximate surface area is 214 Å².